The number of aromatic nitrogens is 2. The molecule has 1 aromatic rings. The van der Waals surface area contributed by atoms with Gasteiger partial charge in [0.1, 0.15) is 0 Å². The SMILES string of the molecule is CCC(c1nnc(CN)o1)C1C2CC3CC(C2)CC1C3. The largest absolute Gasteiger partial charge is 0.424 e. The van der Waals surface area contributed by atoms with Gasteiger partial charge in [0.15, 0.2) is 0 Å². The average molecular weight is 275 g/mol. The molecule has 4 heteroatoms. The van der Waals surface area contributed by atoms with Crippen molar-refractivity contribution in [2.75, 3.05) is 0 Å². The molecule has 4 saturated carbocycles. The molecule has 4 fully saturated rings. The summed E-state index contributed by atoms with van der Waals surface area (Å²) in [4.78, 5) is 0. The summed E-state index contributed by atoms with van der Waals surface area (Å²) in [5.74, 6) is 6.53. The molecule has 1 unspecified atom stereocenters. The molecule has 4 nitrogen and oxygen atoms in total. The summed E-state index contributed by atoms with van der Waals surface area (Å²) < 4.78 is 5.80. The zero-order valence-electron chi connectivity index (χ0n) is 12.3. The highest BCUT2D eigenvalue weighted by molar-refractivity contribution is 5.06. The van der Waals surface area contributed by atoms with E-state index in [4.69, 9.17) is 10.2 Å². The molecule has 0 amide bonds. The Morgan fingerprint density at radius 2 is 1.75 bits per heavy atom. The van der Waals surface area contributed by atoms with Gasteiger partial charge in [-0.2, -0.15) is 0 Å². The van der Waals surface area contributed by atoms with Crippen LogP contribution in [0.3, 0.4) is 0 Å². The Labute approximate surface area is 120 Å². The summed E-state index contributed by atoms with van der Waals surface area (Å²) in [6.45, 7) is 2.62. The van der Waals surface area contributed by atoms with Gasteiger partial charge in [-0.25, -0.2) is 0 Å². The van der Waals surface area contributed by atoms with Gasteiger partial charge in [0, 0.05) is 5.92 Å². The number of hydrogen-bond donors (Lipinski definition) is 1. The maximum Gasteiger partial charge on any atom is 0.230 e. The number of rotatable bonds is 4. The van der Waals surface area contributed by atoms with Crippen molar-refractivity contribution in [3.05, 3.63) is 11.8 Å². The lowest BCUT2D eigenvalue weighted by atomic mass is 9.49. The third-order valence-corrected chi connectivity index (χ3v) is 6.18. The minimum absolute atomic E-state index is 0.352. The first kappa shape index (κ1) is 12.8. The van der Waals surface area contributed by atoms with Gasteiger partial charge < -0.3 is 10.2 Å². The van der Waals surface area contributed by atoms with Crippen molar-refractivity contribution >= 4 is 0 Å². The summed E-state index contributed by atoms with van der Waals surface area (Å²) >= 11 is 0. The molecule has 1 heterocycles. The molecule has 4 bridgehead atoms. The van der Waals surface area contributed by atoms with E-state index in [1.54, 1.807) is 0 Å². The Morgan fingerprint density at radius 1 is 1.10 bits per heavy atom. The molecule has 4 aliphatic carbocycles. The molecule has 0 radical (unpaired) electrons. The summed E-state index contributed by atoms with van der Waals surface area (Å²) in [6.07, 6.45) is 8.42. The highest BCUT2D eigenvalue weighted by atomic mass is 16.4. The maximum atomic E-state index is 5.80. The minimum atomic E-state index is 0.352. The molecule has 1 atom stereocenters. The van der Waals surface area contributed by atoms with Crippen LogP contribution >= 0.6 is 0 Å². The summed E-state index contributed by atoms with van der Waals surface area (Å²) in [5, 5.41) is 8.37. The van der Waals surface area contributed by atoms with E-state index < -0.39 is 0 Å². The second-order valence-corrected chi connectivity index (χ2v) is 7.26. The van der Waals surface area contributed by atoms with E-state index in [9.17, 15) is 0 Å². The van der Waals surface area contributed by atoms with Gasteiger partial charge in [-0.05, 0) is 68.1 Å². The Kier molecular flexibility index (Phi) is 3.09. The fourth-order valence-electron chi connectivity index (χ4n) is 5.73. The van der Waals surface area contributed by atoms with Crippen LogP contribution in [-0.2, 0) is 6.54 Å². The van der Waals surface area contributed by atoms with E-state index in [0.29, 0.717) is 18.4 Å². The number of nitrogens with two attached hydrogens (primary N) is 1. The van der Waals surface area contributed by atoms with Gasteiger partial charge in [0.25, 0.3) is 0 Å². The van der Waals surface area contributed by atoms with Gasteiger partial charge in [-0.3, -0.25) is 0 Å². The van der Waals surface area contributed by atoms with Crippen molar-refractivity contribution in [2.24, 2.45) is 35.3 Å². The lowest BCUT2D eigenvalue weighted by Crippen LogP contribution is -2.47. The zero-order valence-corrected chi connectivity index (χ0v) is 12.3. The third-order valence-electron chi connectivity index (χ3n) is 6.18. The van der Waals surface area contributed by atoms with Crippen molar-refractivity contribution in [2.45, 2.75) is 57.9 Å². The third kappa shape index (κ3) is 1.92. The molecule has 1 aromatic heterocycles. The second kappa shape index (κ2) is 4.83. The normalized spacial score (nSPS) is 40.2. The standard InChI is InChI=1S/C16H25N3O/c1-2-13(16-19-18-14(8-17)20-16)15-11-4-9-3-10(6-11)7-12(15)5-9/h9-13,15H,2-8,17H2,1H3. The molecule has 20 heavy (non-hydrogen) atoms. The first-order chi connectivity index (χ1) is 9.78. The van der Waals surface area contributed by atoms with Crippen molar-refractivity contribution < 1.29 is 4.42 Å². The van der Waals surface area contributed by atoms with Crippen LogP contribution in [0.2, 0.25) is 0 Å². The van der Waals surface area contributed by atoms with E-state index in [1.165, 1.54) is 32.1 Å². The molecule has 0 saturated heterocycles. The van der Waals surface area contributed by atoms with Crippen LogP contribution in [0.4, 0.5) is 0 Å². The van der Waals surface area contributed by atoms with E-state index in [1.807, 2.05) is 0 Å². The smallest absolute Gasteiger partial charge is 0.230 e. The summed E-state index contributed by atoms with van der Waals surface area (Å²) in [5.41, 5.74) is 5.60. The maximum absolute atomic E-state index is 5.80. The van der Waals surface area contributed by atoms with E-state index in [2.05, 4.69) is 17.1 Å². The van der Waals surface area contributed by atoms with Crippen LogP contribution in [0.5, 0.6) is 0 Å². The van der Waals surface area contributed by atoms with Gasteiger partial charge in [-0.15, -0.1) is 10.2 Å². The van der Waals surface area contributed by atoms with Crippen molar-refractivity contribution in [3.8, 4) is 0 Å². The fraction of sp³-hybridized carbons (Fsp3) is 0.875. The van der Waals surface area contributed by atoms with Gasteiger partial charge >= 0.3 is 0 Å². The van der Waals surface area contributed by atoms with E-state index in [0.717, 1.165) is 41.9 Å². The average Bonchev–Trinajstić information content (AvgIpc) is 2.90. The molecule has 0 spiro atoms. The number of hydrogen-bond acceptors (Lipinski definition) is 4. The van der Waals surface area contributed by atoms with Gasteiger partial charge in [-0.1, -0.05) is 6.92 Å². The van der Waals surface area contributed by atoms with Crippen LogP contribution in [-0.4, -0.2) is 10.2 Å². The quantitative estimate of drug-likeness (QED) is 0.917. The predicted octanol–water partition coefficient (Wildman–Crippen LogP) is 3.09. The Balaban J connectivity index is 1.61. The van der Waals surface area contributed by atoms with Gasteiger partial charge in [0.2, 0.25) is 11.8 Å². The van der Waals surface area contributed by atoms with Crippen molar-refractivity contribution in [1.29, 1.82) is 0 Å². The van der Waals surface area contributed by atoms with E-state index >= 15 is 0 Å². The Hall–Kier alpha value is -0.900. The first-order valence-electron chi connectivity index (χ1n) is 8.30. The lowest BCUT2D eigenvalue weighted by Gasteiger charge is -2.56. The van der Waals surface area contributed by atoms with Gasteiger partial charge in [0.05, 0.1) is 6.54 Å². The summed E-state index contributed by atoms with van der Waals surface area (Å²) in [6, 6.07) is 0. The van der Waals surface area contributed by atoms with Crippen molar-refractivity contribution in [3.63, 3.8) is 0 Å². The van der Waals surface area contributed by atoms with E-state index in [-0.39, 0.29) is 0 Å². The minimum Gasteiger partial charge on any atom is -0.424 e. The van der Waals surface area contributed by atoms with Crippen LogP contribution in [0.15, 0.2) is 4.42 Å². The molecule has 0 aromatic carbocycles. The molecule has 4 aliphatic rings. The Morgan fingerprint density at radius 3 is 2.25 bits per heavy atom. The zero-order chi connectivity index (χ0) is 13.7. The topological polar surface area (TPSA) is 64.9 Å². The molecule has 110 valence electrons. The monoisotopic (exact) mass is 275 g/mol. The molecule has 2 N–H and O–H groups in total. The van der Waals surface area contributed by atoms with Crippen molar-refractivity contribution in [1.82, 2.24) is 10.2 Å². The molecular weight excluding hydrogens is 250 g/mol. The predicted molar refractivity (Wildman–Crippen MR) is 75.8 cm³/mol. The fourth-order valence-corrected chi connectivity index (χ4v) is 5.73. The number of nitrogens with zero attached hydrogens (tertiary/aromatic N) is 2. The Bertz CT molecular complexity index is 456. The summed E-state index contributed by atoms with van der Waals surface area (Å²) in [7, 11) is 0. The molecule has 0 aliphatic heterocycles. The van der Waals surface area contributed by atoms with Crippen LogP contribution < -0.4 is 5.73 Å². The van der Waals surface area contributed by atoms with Crippen LogP contribution in [0.1, 0.15) is 63.1 Å². The van der Waals surface area contributed by atoms with Crippen LogP contribution in [0.25, 0.3) is 0 Å². The molecular formula is C16H25N3O. The highest BCUT2D eigenvalue weighted by Gasteiger charge is 2.51. The first-order valence-corrected chi connectivity index (χ1v) is 8.30. The second-order valence-electron chi connectivity index (χ2n) is 7.26. The molecule has 5 rings (SSSR count). The lowest BCUT2D eigenvalue weighted by molar-refractivity contribution is -0.0517. The van der Waals surface area contributed by atoms with Crippen LogP contribution in [0, 0.1) is 29.6 Å². The highest BCUT2D eigenvalue weighted by Crippen LogP contribution is 2.60.